The molecule has 0 bridgehead atoms. The normalized spacial score (nSPS) is 12.1. The summed E-state index contributed by atoms with van der Waals surface area (Å²) in [7, 11) is -0.482. The number of hydrogen-bond acceptors (Lipinski definition) is 33. The third-order valence-electron chi connectivity index (χ3n) is 15.0. The van der Waals surface area contributed by atoms with Crippen LogP contribution < -0.4 is 61.5 Å². The first-order valence-corrected chi connectivity index (χ1v) is 33.4. The number of non-ortho nitro benzene ring substituents is 5. The van der Waals surface area contributed by atoms with Crippen LogP contribution in [0.4, 0.5) is 28.4 Å². The van der Waals surface area contributed by atoms with Gasteiger partial charge in [0.1, 0.15) is 12.1 Å². The molecule has 6 rings (SSSR count). The number of aliphatic hydroxyl groups is 1. The van der Waals surface area contributed by atoms with Gasteiger partial charge in [0.25, 0.3) is 28.4 Å². The number of benzene rings is 5. The van der Waals surface area contributed by atoms with E-state index in [1.54, 1.807) is 82.6 Å². The summed E-state index contributed by atoms with van der Waals surface area (Å²) in [6.07, 6.45) is 2.02. The Balaban J connectivity index is -0.000000652. The maximum absolute atomic E-state index is 11.1. The lowest BCUT2D eigenvalue weighted by Crippen LogP contribution is -2.53. The zero-order valence-electron chi connectivity index (χ0n) is 62.6. The van der Waals surface area contributed by atoms with E-state index >= 15 is 0 Å². The molecule has 40 nitrogen and oxygen atoms in total. The van der Waals surface area contributed by atoms with Crippen molar-refractivity contribution in [2.75, 3.05) is 92.8 Å². The van der Waals surface area contributed by atoms with Crippen molar-refractivity contribution in [3.05, 3.63) is 200 Å². The van der Waals surface area contributed by atoms with E-state index in [2.05, 4.69) is 35.4 Å². The molecule has 1 aliphatic rings. The number of nitro groups is 5. The molecule has 6 radical (unpaired) electrons. The molecule has 0 saturated carbocycles. The topological polar surface area (TPSA) is 666 Å². The van der Waals surface area contributed by atoms with Gasteiger partial charge in [0.2, 0.25) is 5.91 Å². The highest BCUT2D eigenvalue weighted by molar-refractivity contribution is 6.46. The fraction of sp³-hybridized carbons (Fsp3) is 0.468. The van der Waals surface area contributed by atoms with Gasteiger partial charge in [-0.3, -0.25) is 74.8 Å². The highest BCUT2D eigenvalue weighted by atomic mass is 16.6. The summed E-state index contributed by atoms with van der Waals surface area (Å²) in [6, 6.07) is 27.7. The number of esters is 1. The van der Waals surface area contributed by atoms with Gasteiger partial charge in [-0.1, -0.05) is 60.7 Å². The number of ether oxygens (including phenoxy) is 1. The lowest BCUT2D eigenvalue weighted by Gasteiger charge is -2.36. The van der Waals surface area contributed by atoms with E-state index in [0.29, 0.717) is 90.3 Å². The molecule has 26 N–H and O–H groups in total. The third kappa shape index (κ3) is 50.5. The minimum absolute atomic E-state index is 0. The van der Waals surface area contributed by atoms with Crippen LogP contribution in [0.5, 0.6) is 0 Å². The van der Waals surface area contributed by atoms with E-state index in [-0.39, 0.29) is 83.4 Å². The highest BCUT2D eigenvalue weighted by Crippen LogP contribution is 2.19. The Morgan fingerprint density at radius 2 is 0.752 bits per heavy atom. The number of rotatable bonds is 39. The number of carboxylic acids is 1. The molecule has 47 heteroatoms. The number of primary amides is 1. The van der Waals surface area contributed by atoms with Crippen LogP contribution in [0.15, 0.2) is 121 Å². The molecule has 5 aromatic rings. The van der Waals surface area contributed by atoms with Crippen molar-refractivity contribution in [1.29, 1.82) is 0 Å². The van der Waals surface area contributed by atoms with Gasteiger partial charge >= 0.3 is 47.2 Å². The Hall–Kier alpha value is -8.80. The number of amides is 1. The fourth-order valence-corrected chi connectivity index (χ4v) is 9.12. The minimum atomic E-state index is -1.09. The van der Waals surface area contributed by atoms with Crippen molar-refractivity contribution in [3.8, 4) is 0 Å². The number of aliphatic hydroxyl groups excluding tert-OH is 1. The first-order chi connectivity index (χ1) is 50.0. The molecule has 1 heterocycles. The second kappa shape index (κ2) is 60.1. The van der Waals surface area contributed by atoms with Crippen LogP contribution in [0.25, 0.3) is 0 Å². The maximum Gasteiger partial charge on any atom is 0.376 e. The van der Waals surface area contributed by atoms with E-state index in [1.165, 1.54) is 79.9 Å². The molecular weight excluding hydrogens is 1420 g/mol. The summed E-state index contributed by atoms with van der Waals surface area (Å²) in [5, 5.41) is 128. The molecular formula is C62H106B7N19O21. The van der Waals surface area contributed by atoms with Crippen LogP contribution in [-0.2, 0) is 51.2 Å². The van der Waals surface area contributed by atoms with E-state index < -0.39 is 88.8 Å². The number of nitro benzene ring substituents is 5. The quantitative estimate of drug-likeness (QED) is 0.00658. The monoisotopic (exact) mass is 1530 g/mol. The van der Waals surface area contributed by atoms with Crippen molar-refractivity contribution >= 4 is 98.4 Å². The molecule has 1 fully saturated rings. The van der Waals surface area contributed by atoms with Gasteiger partial charge in [0, 0.05) is 149 Å². The summed E-state index contributed by atoms with van der Waals surface area (Å²) in [5.41, 5.74) is 36.5. The molecule has 0 aromatic heterocycles. The Morgan fingerprint density at radius 1 is 0.486 bits per heavy atom. The summed E-state index contributed by atoms with van der Waals surface area (Å²) in [5.74, 6) is -2.18. The van der Waals surface area contributed by atoms with Crippen molar-refractivity contribution < 1.29 is 79.1 Å². The number of methoxy groups -OCH3 is 1. The minimum Gasteiger partial charge on any atom is -0.480 e. The van der Waals surface area contributed by atoms with E-state index in [4.69, 9.17) is 49.6 Å². The third-order valence-corrected chi connectivity index (χ3v) is 15.0. The molecule has 5 aromatic carbocycles. The molecule has 596 valence electrons. The van der Waals surface area contributed by atoms with Gasteiger partial charge < -0.3 is 106 Å². The number of carbonyl (C=O) groups is 3. The van der Waals surface area contributed by atoms with Crippen LogP contribution in [0.3, 0.4) is 0 Å². The number of carboxylic acid groups (broad SMARTS) is 1. The van der Waals surface area contributed by atoms with Gasteiger partial charge in [-0.05, 0) is 120 Å². The predicted molar refractivity (Wildman–Crippen MR) is 423 cm³/mol. The molecule has 0 spiro atoms. The van der Waals surface area contributed by atoms with E-state index in [1.807, 2.05) is 4.81 Å². The average molecular weight is 1530 g/mol. The number of carbonyl (C=O) groups excluding carboxylic acids is 2. The number of aliphatic carboxylic acids is 1. The summed E-state index contributed by atoms with van der Waals surface area (Å²) in [6.45, 7) is 16.5. The standard InChI is InChI=1S/C21H45B4N7O6.C10H12N2O4.C9H11N3O3.C9H13N3O2.C9H10N2O4.C3H8BNO.CH4O.2B.H3N/c1-22(33)26-9-13-30(14-10-27-23(2)34)18-21(17-19-5-7-20(8-6-19)32(37)38)31(15-11-28-24(3)35)16-12-29-25(4)36;1-16-10(13)9(11)6-7-2-4-8(5-3-7)12(14)15;10-8(9(11)13)5-6-1-3-7(4-2-6)12(14)15;10-6-8(11)5-7-1-3-9(4-2-7)12(13)14;10-8(9(12)13)5-6-1-3-7(4-2-6)11(14)15;1-4(6)5-2-3-5;1-2;;;/h5-8,21,26-29,33-36H,9-18H2,1-4H3;2-5,9H,6,11H2,1H3;1-4,8H,5,10H2,(H2,11,13);1-4,8H,5-6,10-11H2;1-4,8H,5,10H2,(H,12,13);6H,2-3H2,1H3;2H,1H3;;;1H3. The highest BCUT2D eigenvalue weighted by Gasteiger charge is 2.26. The summed E-state index contributed by atoms with van der Waals surface area (Å²) >= 11 is 0. The number of nitrogens with zero attached hydrogens (tertiary/aromatic N) is 8. The van der Waals surface area contributed by atoms with Crippen LogP contribution in [-0.4, -0.2) is 267 Å². The molecule has 109 heavy (non-hydrogen) atoms. The molecule has 1 saturated heterocycles. The second-order valence-electron chi connectivity index (χ2n) is 23.9. The largest absolute Gasteiger partial charge is 0.480 e. The maximum atomic E-state index is 11.1. The molecule has 5 atom stereocenters. The van der Waals surface area contributed by atoms with Crippen LogP contribution in [0.1, 0.15) is 27.8 Å². The van der Waals surface area contributed by atoms with Gasteiger partial charge in [-0.25, -0.2) is 0 Å². The van der Waals surface area contributed by atoms with Gasteiger partial charge in [0.15, 0.2) is 0 Å². The van der Waals surface area contributed by atoms with Gasteiger partial charge in [0.05, 0.1) is 37.8 Å². The predicted octanol–water partition coefficient (Wildman–Crippen LogP) is -2.11. The number of hydrogen-bond donors (Lipinski definition) is 18. The lowest BCUT2D eigenvalue weighted by atomic mass is 9.89. The van der Waals surface area contributed by atoms with Crippen molar-refractivity contribution in [1.82, 2.24) is 41.7 Å². The van der Waals surface area contributed by atoms with E-state index in [9.17, 15) is 85.1 Å². The molecule has 1 aliphatic heterocycles. The first-order valence-electron chi connectivity index (χ1n) is 33.4. The van der Waals surface area contributed by atoms with Crippen molar-refractivity contribution in [2.24, 2.45) is 34.4 Å². The second-order valence-corrected chi connectivity index (χ2v) is 23.9. The zero-order chi connectivity index (χ0) is 80.6. The fourth-order valence-electron chi connectivity index (χ4n) is 9.12. The smallest absolute Gasteiger partial charge is 0.376 e. The van der Waals surface area contributed by atoms with Crippen LogP contribution >= 0.6 is 0 Å². The average Bonchev–Trinajstić information content (AvgIpc) is 1.70. The molecule has 5 unspecified atom stereocenters. The SMILES string of the molecule is CB(O)N1CC1.CB(O)NCCN(CCNB(C)O)CC(Cc1ccc([N+](=O)[O-])cc1)N(CCNB(C)O)CCNB(C)O.CO.COC(=O)C(N)Cc1ccc([N+](=O)[O-])cc1.N.NC(=O)C(N)Cc1ccc([N+](=O)[O-])cc1.NC(Cc1ccc([N+](=O)[O-])cc1)C(=O)O.NCC(N)Cc1ccc([N+](=O)[O-])cc1.[B].[B]. The number of nitrogens with two attached hydrogens (primary N) is 6. The van der Waals surface area contributed by atoms with Crippen LogP contribution in [0, 0.1) is 50.6 Å². The molecule has 1 amide bonds. The lowest BCUT2D eigenvalue weighted by molar-refractivity contribution is -0.385. The molecule has 0 aliphatic carbocycles. The van der Waals surface area contributed by atoms with Crippen LogP contribution in [0.2, 0.25) is 34.1 Å². The number of nitrogens with one attached hydrogen (secondary N) is 4. The summed E-state index contributed by atoms with van der Waals surface area (Å²) < 4.78 is 4.47. The Labute approximate surface area is 639 Å². The zero-order valence-corrected chi connectivity index (χ0v) is 62.6. The Kier molecular flexibility index (Phi) is 58.7. The van der Waals surface area contributed by atoms with Crippen molar-refractivity contribution in [2.45, 2.75) is 96.4 Å². The van der Waals surface area contributed by atoms with Gasteiger partial charge in [-0.15, -0.1) is 0 Å². The summed E-state index contributed by atoms with van der Waals surface area (Å²) in [4.78, 5) is 88.9. The van der Waals surface area contributed by atoms with Gasteiger partial charge in [-0.2, -0.15) is 0 Å². The van der Waals surface area contributed by atoms with E-state index in [0.717, 1.165) is 42.5 Å². The first kappa shape index (κ1) is 107. The van der Waals surface area contributed by atoms with Crippen molar-refractivity contribution in [3.63, 3.8) is 0 Å². The Bertz CT molecular complexity index is 3240. The Morgan fingerprint density at radius 3 is 0.982 bits per heavy atom.